The minimum absolute atomic E-state index is 0.0901. The monoisotopic (exact) mass is 258 g/mol. The average molecular weight is 258 g/mol. The van der Waals surface area contributed by atoms with Crippen molar-refractivity contribution in [1.82, 2.24) is 9.55 Å². The summed E-state index contributed by atoms with van der Waals surface area (Å²) in [6, 6.07) is 0. The van der Waals surface area contributed by atoms with Gasteiger partial charge in [0.25, 0.3) is 0 Å². The molecular weight excluding hydrogens is 244 g/mol. The first-order valence-electron chi connectivity index (χ1n) is 5.32. The number of aromatic nitrogens is 2. The van der Waals surface area contributed by atoms with E-state index in [0.29, 0.717) is 0 Å². The van der Waals surface area contributed by atoms with Gasteiger partial charge in [-0.05, 0) is 0 Å². The van der Waals surface area contributed by atoms with Crippen LogP contribution in [0.15, 0.2) is 12.5 Å². The predicted octanol–water partition coefficient (Wildman–Crippen LogP) is -1.72. The van der Waals surface area contributed by atoms with Gasteiger partial charge in [0.2, 0.25) is 0 Å². The van der Waals surface area contributed by atoms with E-state index in [9.17, 15) is 15.0 Å². The van der Waals surface area contributed by atoms with Crippen LogP contribution in [0.1, 0.15) is 16.7 Å². The van der Waals surface area contributed by atoms with Gasteiger partial charge in [-0.15, -0.1) is 0 Å². The van der Waals surface area contributed by atoms with Crippen LogP contribution in [-0.2, 0) is 9.47 Å². The van der Waals surface area contributed by atoms with Gasteiger partial charge in [0, 0.05) is 0 Å². The van der Waals surface area contributed by atoms with Gasteiger partial charge in [-0.1, -0.05) is 0 Å². The first kappa shape index (κ1) is 13.0. The van der Waals surface area contributed by atoms with Crippen molar-refractivity contribution in [2.45, 2.75) is 24.5 Å². The molecule has 8 nitrogen and oxygen atoms in total. The Balaban J connectivity index is 2.27. The van der Waals surface area contributed by atoms with Crippen molar-refractivity contribution in [3.8, 4) is 0 Å². The van der Waals surface area contributed by atoms with E-state index in [-0.39, 0.29) is 5.69 Å². The van der Waals surface area contributed by atoms with E-state index in [1.807, 2.05) is 0 Å². The number of hydrogen-bond acceptors (Lipinski definition) is 7. The van der Waals surface area contributed by atoms with Crippen LogP contribution >= 0.6 is 0 Å². The molecule has 100 valence electrons. The van der Waals surface area contributed by atoms with Crippen molar-refractivity contribution in [2.24, 2.45) is 0 Å². The van der Waals surface area contributed by atoms with Crippen molar-refractivity contribution in [2.75, 3.05) is 13.7 Å². The van der Waals surface area contributed by atoms with Crippen molar-refractivity contribution in [1.29, 1.82) is 0 Å². The fourth-order valence-corrected chi connectivity index (χ4v) is 1.88. The largest absolute Gasteiger partial charge is 0.464 e. The molecule has 1 aromatic rings. The predicted molar refractivity (Wildman–Crippen MR) is 56.6 cm³/mol. The van der Waals surface area contributed by atoms with Gasteiger partial charge in [-0.2, -0.15) is 0 Å². The second-order valence-corrected chi connectivity index (χ2v) is 3.91. The number of ether oxygens (including phenoxy) is 2. The molecule has 0 radical (unpaired) electrons. The Morgan fingerprint density at radius 1 is 1.56 bits per heavy atom. The third-order valence-corrected chi connectivity index (χ3v) is 2.85. The molecule has 0 saturated carbocycles. The number of rotatable bonds is 3. The molecule has 4 atom stereocenters. The van der Waals surface area contributed by atoms with E-state index < -0.39 is 37.1 Å². The number of methoxy groups -OCH3 is 1. The van der Waals surface area contributed by atoms with Gasteiger partial charge in [0.1, 0.15) is 24.0 Å². The van der Waals surface area contributed by atoms with E-state index in [1.54, 1.807) is 0 Å². The lowest BCUT2D eigenvalue weighted by Gasteiger charge is -2.17. The summed E-state index contributed by atoms with van der Waals surface area (Å²) < 4.78 is 11.1. The summed E-state index contributed by atoms with van der Waals surface area (Å²) in [5.41, 5.74) is 0.0901. The van der Waals surface area contributed by atoms with Crippen molar-refractivity contribution in [3.63, 3.8) is 0 Å². The standard InChI is InChI=1S/C10H14N2O6/c1-17-10(16)5-2-11-4-12(5)9-8(15)7(14)6(3-13)18-9/h2,4,6-9,13-15H,3H2,1H3/t6-,7-,8-,9?/m1/s1. The Hall–Kier alpha value is -1.48. The number of aliphatic hydroxyl groups excluding tert-OH is 3. The van der Waals surface area contributed by atoms with Crippen molar-refractivity contribution < 1.29 is 29.6 Å². The Morgan fingerprint density at radius 2 is 2.28 bits per heavy atom. The van der Waals surface area contributed by atoms with Crippen LogP contribution in [0.2, 0.25) is 0 Å². The molecule has 3 N–H and O–H groups in total. The van der Waals surface area contributed by atoms with Crippen LogP contribution in [0.5, 0.6) is 0 Å². The highest BCUT2D eigenvalue weighted by atomic mass is 16.6. The van der Waals surface area contributed by atoms with E-state index in [1.165, 1.54) is 24.2 Å². The zero-order valence-corrected chi connectivity index (χ0v) is 9.63. The zero-order valence-electron chi connectivity index (χ0n) is 9.63. The molecule has 1 aromatic heterocycles. The molecule has 1 aliphatic heterocycles. The molecule has 1 aliphatic rings. The number of carbonyl (C=O) groups is 1. The summed E-state index contributed by atoms with van der Waals surface area (Å²) in [6.07, 6.45) is -1.84. The fraction of sp³-hybridized carbons (Fsp3) is 0.600. The molecule has 0 aromatic carbocycles. The van der Waals surface area contributed by atoms with Gasteiger partial charge < -0.3 is 24.8 Å². The van der Waals surface area contributed by atoms with Crippen LogP contribution in [0.4, 0.5) is 0 Å². The third-order valence-electron chi connectivity index (χ3n) is 2.85. The number of imidazole rings is 1. The van der Waals surface area contributed by atoms with Crippen LogP contribution in [-0.4, -0.2) is 62.9 Å². The SMILES string of the molecule is COC(=O)c1cncn1C1O[C@H](CO)[C@@H](O)[C@H]1O. The van der Waals surface area contributed by atoms with Crippen LogP contribution in [0.25, 0.3) is 0 Å². The number of esters is 1. The van der Waals surface area contributed by atoms with Gasteiger partial charge in [-0.3, -0.25) is 4.57 Å². The average Bonchev–Trinajstić information content (AvgIpc) is 2.95. The lowest BCUT2D eigenvalue weighted by Crippen LogP contribution is -2.33. The topological polar surface area (TPSA) is 114 Å². The lowest BCUT2D eigenvalue weighted by molar-refractivity contribution is -0.0540. The molecule has 1 fully saturated rings. The minimum atomic E-state index is -1.26. The summed E-state index contributed by atoms with van der Waals surface area (Å²) in [5.74, 6) is -0.634. The Morgan fingerprint density at radius 3 is 2.83 bits per heavy atom. The number of carbonyl (C=O) groups excluding carboxylic acids is 1. The molecule has 2 rings (SSSR count). The minimum Gasteiger partial charge on any atom is -0.464 e. The maximum absolute atomic E-state index is 11.5. The molecule has 2 heterocycles. The van der Waals surface area contributed by atoms with E-state index in [4.69, 9.17) is 9.84 Å². The Bertz CT molecular complexity index is 434. The van der Waals surface area contributed by atoms with Gasteiger partial charge >= 0.3 is 5.97 Å². The van der Waals surface area contributed by atoms with Crippen LogP contribution in [0, 0.1) is 0 Å². The maximum atomic E-state index is 11.5. The summed E-state index contributed by atoms with van der Waals surface area (Å²) in [6.45, 7) is -0.434. The number of aliphatic hydroxyl groups is 3. The van der Waals surface area contributed by atoms with Crippen molar-refractivity contribution >= 4 is 5.97 Å². The quantitative estimate of drug-likeness (QED) is 0.552. The Labute approximate surface area is 102 Å². The highest BCUT2D eigenvalue weighted by Gasteiger charge is 2.44. The summed E-state index contributed by atoms with van der Waals surface area (Å²) >= 11 is 0. The molecule has 18 heavy (non-hydrogen) atoms. The van der Waals surface area contributed by atoms with Crippen LogP contribution < -0.4 is 0 Å². The van der Waals surface area contributed by atoms with Crippen LogP contribution in [0.3, 0.4) is 0 Å². The maximum Gasteiger partial charge on any atom is 0.356 e. The van der Waals surface area contributed by atoms with Gasteiger partial charge in [0.15, 0.2) is 6.23 Å². The smallest absolute Gasteiger partial charge is 0.356 e. The van der Waals surface area contributed by atoms with E-state index in [0.717, 1.165) is 0 Å². The zero-order chi connectivity index (χ0) is 13.3. The lowest BCUT2D eigenvalue weighted by atomic mass is 10.1. The van der Waals surface area contributed by atoms with Crippen molar-refractivity contribution in [3.05, 3.63) is 18.2 Å². The van der Waals surface area contributed by atoms with E-state index >= 15 is 0 Å². The second kappa shape index (κ2) is 5.02. The third kappa shape index (κ3) is 1.99. The van der Waals surface area contributed by atoms with Gasteiger partial charge in [0.05, 0.1) is 26.2 Å². The molecule has 0 aliphatic carbocycles. The highest BCUT2D eigenvalue weighted by Crippen LogP contribution is 2.30. The molecule has 1 saturated heterocycles. The molecule has 1 unspecified atom stereocenters. The summed E-state index contributed by atoms with van der Waals surface area (Å²) in [5, 5.41) is 28.4. The van der Waals surface area contributed by atoms with Gasteiger partial charge in [-0.25, -0.2) is 9.78 Å². The Kier molecular flexibility index (Phi) is 3.62. The first-order valence-corrected chi connectivity index (χ1v) is 5.32. The highest BCUT2D eigenvalue weighted by molar-refractivity contribution is 5.87. The molecule has 0 bridgehead atoms. The normalized spacial score (nSPS) is 31.6. The molecule has 8 heteroatoms. The second-order valence-electron chi connectivity index (χ2n) is 3.91. The fourth-order valence-electron chi connectivity index (χ4n) is 1.88. The molecular formula is C10H14N2O6. The number of hydrogen-bond donors (Lipinski definition) is 3. The summed E-state index contributed by atoms with van der Waals surface area (Å²) in [4.78, 5) is 15.2. The summed E-state index contributed by atoms with van der Waals surface area (Å²) in [7, 11) is 1.22. The van der Waals surface area contributed by atoms with E-state index in [2.05, 4.69) is 9.72 Å². The first-order chi connectivity index (χ1) is 8.60. The number of nitrogens with zero attached hydrogens (tertiary/aromatic N) is 2. The molecule has 0 spiro atoms. The molecule has 0 amide bonds.